The van der Waals surface area contributed by atoms with Crippen LogP contribution in [-0.4, -0.2) is 21.7 Å². The number of carbonyl (C=O) groups is 1. The molecule has 5 heteroatoms. The summed E-state index contributed by atoms with van der Waals surface area (Å²) in [4.78, 5) is 14.2. The zero-order chi connectivity index (χ0) is 14.9. The van der Waals surface area contributed by atoms with Crippen LogP contribution in [0.1, 0.15) is 37.4 Å². The number of nitrogens with zero attached hydrogens (tertiary/aromatic N) is 2. The average Bonchev–Trinajstić information content (AvgIpc) is 3.08. The Labute approximate surface area is 129 Å². The van der Waals surface area contributed by atoms with Crippen molar-refractivity contribution in [1.29, 1.82) is 5.26 Å². The molecule has 0 saturated heterocycles. The van der Waals surface area contributed by atoms with Gasteiger partial charge in [0.25, 0.3) is 0 Å². The van der Waals surface area contributed by atoms with E-state index in [-0.39, 0.29) is 17.9 Å². The average molecular weight is 311 g/mol. The topological polar surface area (TPSA) is 44.1 Å². The number of alkyl halides is 2. The van der Waals surface area contributed by atoms with Gasteiger partial charge in [0.2, 0.25) is 5.91 Å². The van der Waals surface area contributed by atoms with Crippen LogP contribution in [0.3, 0.4) is 0 Å². The molecule has 0 heterocycles. The molecular formula is C15H16Cl2N2O. The third kappa shape index (κ3) is 2.92. The van der Waals surface area contributed by atoms with Gasteiger partial charge in [-0.2, -0.15) is 5.26 Å². The number of benzene rings is 1. The molecule has 2 rings (SSSR count). The van der Waals surface area contributed by atoms with Crippen molar-refractivity contribution in [2.24, 2.45) is 5.92 Å². The van der Waals surface area contributed by atoms with Gasteiger partial charge in [-0.15, -0.1) is 23.2 Å². The van der Waals surface area contributed by atoms with Crippen molar-refractivity contribution in [2.45, 2.75) is 30.6 Å². The summed E-state index contributed by atoms with van der Waals surface area (Å²) in [6, 6.07) is 9.29. The van der Waals surface area contributed by atoms with Crippen LogP contribution in [0.25, 0.3) is 0 Å². The van der Waals surface area contributed by atoms with Crippen molar-refractivity contribution in [2.75, 3.05) is 6.54 Å². The summed E-state index contributed by atoms with van der Waals surface area (Å²) in [7, 11) is 0. The molecule has 1 aliphatic rings. The van der Waals surface area contributed by atoms with Crippen molar-refractivity contribution in [1.82, 2.24) is 4.90 Å². The molecule has 0 bridgehead atoms. The lowest BCUT2D eigenvalue weighted by atomic mass is 10.0. The Bertz CT molecular complexity index is 548. The van der Waals surface area contributed by atoms with Crippen molar-refractivity contribution in [3.05, 3.63) is 35.4 Å². The molecule has 2 unspecified atom stereocenters. The van der Waals surface area contributed by atoms with Crippen molar-refractivity contribution >= 4 is 29.1 Å². The maximum atomic E-state index is 12.4. The van der Waals surface area contributed by atoms with Crippen LogP contribution in [0.15, 0.2) is 24.3 Å². The van der Waals surface area contributed by atoms with Gasteiger partial charge in [-0.1, -0.05) is 12.1 Å². The smallest absolute Gasteiger partial charge is 0.229 e. The summed E-state index contributed by atoms with van der Waals surface area (Å²) in [5, 5.41) is 8.81. The molecule has 0 spiro atoms. The molecule has 1 saturated carbocycles. The van der Waals surface area contributed by atoms with Crippen molar-refractivity contribution < 1.29 is 4.79 Å². The molecule has 0 aliphatic heterocycles. The molecular weight excluding hydrogens is 295 g/mol. The second kappa shape index (κ2) is 5.63. The Morgan fingerprint density at radius 1 is 1.50 bits per heavy atom. The van der Waals surface area contributed by atoms with E-state index in [2.05, 4.69) is 6.07 Å². The third-order valence-electron chi connectivity index (χ3n) is 3.74. The van der Waals surface area contributed by atoms with Crippen molar-refractivity contribution in [3.8, 4) is 6.07 Å². The molecule has 1 fully saturated rings. The summed E-state index contributed by atoms with van der Waals surface area (Å²) >= 11 is 12.0. The predicted octanol–water partition coefficient (Wildman–Crippen LogP) is 3.66. The maximum absolute atomic E-state index is 12.4. The first-order chi connectivity index (χ1) is 9.40. The summed E-state index contributed by atoms with van der Waals surface area (Å²) in [5.41, 5.74) is 1.60. The fourth-order valence-electron chi connectivity index (χ4n) is 2.32. The van der Waals surface area contributed by atoms with Gasteiger partial charge < -0.3 is 4.90 Å². The zero-order valence-corrected chi connectivity index (χ0v) is 12.9. The molecule has 1 amide bonds. The lowest BCUT2D eigenvalue weighted by Gasteiger charge is -2.29. The number of carbonyl (C=O) groups excluding carboxylic acids is 1. The minimum atomic E-state index is -0.894. The van der Waals surface area contributed by atoms with E-state index in [0.717, 1.165) is 5.56 Å². The first kappa shape index (κ1) is 15.2. The van der Waals surface area contributed by atoms with E-state index in [1.807, 2.05) is 26.0 Å². The highest BCUT2D eigenvalue weighted by Crippen LogP contribution is 2.54. The highest BCUT2D eigenvalue weighted by atomic mass is 35.5. The van der Waals surface area contributed by atoms with Crippen LogP contribution in [0.4, 0.5) is 0 Å². The highest BCUT2D eigenvalue weighted by Gasteiger charge is 2.57. The molecule has 1 aliphatic carbocycles. The molecule has 0 N–H and O–H groups in total. The monoisotopic (exact) mass is 310 g/mol. The van der Waals surface area contributed by atoms with E-state index in [9.17, 15) is 4.79 Å². The molecule has 1 aromatic carbocycles. The minimum Gasteiger partial charge on any atom is -0.336 e. The van der Waals surface area contributed by atoms with Crippen LogP contribution in [0.5, 0.6) is 0 Å². The first-order valence-corrected chi connectivity index (χ1v) is 7.34. The fourth-order valence-corrected chi connectivity index (χ4v) is 2.81. The Balaban J connectivity index is 2.14. The Hall–Kier alpha value is -1.24. The molecule has 1 aromatic rings. The fraction of sp³-hybridized carbons (Fsp3) is 0.467. The van der Waals surface area contributed by atoms with Crippen LogP contribution in [0, 0.1) is 17.2 Å². The number of nitriles is 1. The van der Waals surface area contributed by atoms with Gasteiger partial charge in [-0.05, 0) is 38.0 Å². The normalized spacial score (nSPS) is 20.9. The van der Waals surface area contributed by atoms with Gasteiger partial charge in [-0.25, -0.2) is 0 Å². The molecule has 2 atom stereocenters. The Morgan fingerprint density at radius 2 is 2.05 bits per heavy atom. The molecule has 20 heavy (non-hydrogen) atoms. The van der Waals surface area contributed by atoms with Gasteiger partial charge in [0.1, 0.15) is 4.33 Å². The largest absolute Gasteiger partial charge is 0.336 e. The van der Waals surface area contributed by atoms with Gasteiger partial charge >= 0.3 is 0 Å². The molecule has 3 nitrogen and oxygen atoms in total. The molecule has 0 aromatic heterocycles. The number of rotatable bonds is 4. The Morgan fingerprint density at radius 3 is 2.45 bits per heavy atom. The van der Waals surface area contributed by atoms with Gasteiger partial charge in [-0.3, -0.25) is 4.79 Å². The van der Waals surface area contributed by atoms with E-state index in [0.29, 0.717) is 18.5 Å². The van der Waals surface area contributed by atoms with Crippen molar-refractivity contribution in [3.63, 3.8) is 0 Å². The lowest BCUT2D eigenvalue weighted by Crippen LogP contribution is -2.35. The maximum Gasteiger partial charge on any atom is 0.229 e. The van der Waals surface area contributed by atoms with E-state index < -0.39 is 4.33 Å². The summed E-state index contributed by atoms with van der Waals surface area (Å²) in [6.07, 6.45) is 0.519. The van der Waals surface area contributed by atoms with Crippen LogP contribution in [-0.2, 0) is 4.79 Å². The summed E-state index contributed by atoms with van der Waals surface area (Å²) < 4.78 is -0.894. The quantitative estimate of drug-likeness (QED) is 0.797. The van der Waals surface area contributed by atoms with E-state index in [1.165, 1.54) is 0 Å². The number of hydrogen-bond acceptors (Lipinski definition) is 2. The zero-order valence-electron chi connectivity index (χ0n) is 11.4. The molecule has 0 radical (unpaired) electrons. The summed E-state index contributed by atoms with van der Waals surface area (Å²) in [6.45, 7) is 4.50. The van der Waals surface area contributed by atoms with Gasteiger partial charge in [0, 0.05) is 6.54 Å². The van der Waals surface area contributed by atoms with Crippen LogP contribution in [0.2, 0.25) is 0 Å². The minimum absolute atomic E-state index is 0.00522. The second-order valence-electron chi connectivity index (χ2n) is 5.05. The number of amides is 1. The highest BCUT2D eigenvalue weighted by molar-refractivity contribution is 6.52. The SMILES string of the molecule is CCN(C(=O)C1CC1(Cl)Cl)C(C)c1ccc(C#N)cc1. The van der Waals surface area contributed by atoms with E-state index in [1.54, 1.807) is 17.0 Å². The van der Waals surface area contributed by atoms with E-state index in [4.69, 9.17) is 28.5 Å². The molecule has 106 valence electrons. The second-order valence-corrected chi connectivity index (χ2v) is 6.59. The predicted molar refractivity (Wildman–Crippen MR) is 79.5 cm³/mol. The number of halogens is 2. The Kier molecular flexibility index (Phi) is 4.27. The van der Waals surface area contributed by atoms with Crippen LogP contribution >= 0.6 is 23.2 Å². The number of hydrogen-bond donors (Lipinski definition) is 0. The van der Waals surface area contributed by atoms with Gasteiger partial charge in [0.15, 0.2) is 0 Å². The van der Waals surface area contributed by atoms with E-state index >= 15 is 0 Å². The standard InChI is InChI=1S/C15H16Cl2N2O/c1-3-19(14(20)13-8-15(13,16)17)10(2)12-6-4-11(9-18)5-7-12/h4-7,10,13H,3,8H2,1-2H3. The lowest BCUT2D eigenvalue weighted by molar-refractivity contribution is -0.134. The van der Waals surface area contributed by atoms with Gasteiger partial charge in [0.05, 0.1) is 23.6 Å². The third-order valence-corrected chi connectivity index (χ3v) is 4.57. The van der Waals surface area contributed by atoms with Crippen LogP contribution < -0.4 is 0 Å². The first-order valence-electron chi connectivity index (χ1n) is 6.59. The summed E-state index contributed by atoms with van der Waals surface area (Å²) in [5.74, 6) is -0.305.